The van der Waals surface area contributed by atoms with Crippen molar-refractivity contribution in [2.45, 2.75) is 27.7 Å². The van der Waals surface area contributed by atoms with Gasteiger partial charge in [-0.3, -0.25) is 9.59 Å². The van der Waals surface area contributed by atoms with Gasteiger partial charge in [0.05, 0.1) is 11.3 Å². The molecule has 34 heavy (non-hydrogen) atoms. The van der Waals surface area contributed by atoms with Crippen molar-refractivity contribution in [3.05, 3.63) is 99.2 Å². The van der Waals surface area contributed by atoms with E-state index in [1.807, 2.05) is 52.0 Å². The van der Waals surface area contributed by atoms with Gasteiger partial charge in [-0.05, 0) is 92.4 Å². The summed E-state index contributed by atoms with van der Waals surface area (Å²) in [5, 5.41) is 2.72. The molecule has 0 aromatic heterocycles. The van der Waals surface area contributed by atoms with E-state index in [0.29, 0.717) is 22.7 Å². The van der Waals surface area contributed by atoms with Crippen LogP contribution in [0.15, 0.2) is 71.4 Å². The zero-order valence-corrected chi connectivity index (χ0v) is 20.0. The molecule has 2 amide bonds. The number of aryl methyl sites for hydroxylation is 4. The van der Waals surface area contributed by atoms with E-state index >= 15 is 0 Å². The number of esters is 1. The number of nitrogens with zero attached hydrogens (tertiary/aromatic N) is 1. The second kappa shape index (κ2) is 9.15. The lowest BCUT2D eigenvalue weighted by atomic mass is 10.1. The molecule has 3 aromatic rings. The van der Waals surface area contributed by atoms with Crippen LogP contribution in [-0.4, -0.2) is 17.8 Å². The number of ether oxygens (including phenoxy) is 1. The third-order valence-corrected chi connectivity index (χ3v) is 5.78. The third kappa shape index (κ3) is 4.58. The molecule has 1 heterocycles. The number of nitrogens with one attached hydrogen (secondary N) is 1. The highest BCUT2D eigenvalue weighted by molar-refractivity contribution is 6.53. The molecule has 0 saturated heterocycles. The van der Waals surface area contributed by atoms with Crippen LogP contribution in [0, 0.1) is 27.7 Å². The van der Waals surface area contributed by atoms with Crippen LogP contribution in [0.5, 0.6) is 5.75 Å². The Kier molecular flexibility index (Phi) is 6.26. The molecular weight excluding hydrogens is 452 g/mol. The maximum absolute atomic E-state index is 13.0. The first kappa shape index (κ1) is 23.3. The maximum Gasteiger partial charge on any atom is 0.343 e. The zero-order valence-electron chi connectivity index (χ0n) is 19.2. The second-order valence-corrected chi connectivity index (χ2v) is 8.72. The van der Waals surface area contributed by atoms with Gasteiger partial charge in [-0.1, -0.05) is 29.8 Å². The van der Waals surface area contributed by atoms with Crippen molar-refractivity contribution in [3.8, 4) is 5.75 Å². The summed E-state index contributed by atoms with van der Waals surface area (Å²) in [7, 11) is 0. The molecule has 0 atom stereocenters. The molecule has 0 fully saturated rings. The third-order valence-electron chi connectivity index (χ3n) is 5.43. The van der Waals surface area contributed by atoms with Gasteiger partial charge < -0.3 is 10.1 Å². The Bertz CT molecular complexity index is 1340. The highest BCUT2D eigenvalue weighted by atomic mass is 35.5. The molecule has 0 unspecified atom stereocenters. The standard InChI is InChI=1S/C27H23ClN2O4/c1-15-5-6-18(4)22(14-15)34-27(33)19-7-9-20(10-8-19)29-24-23(28)25(31)30(26(24)32)21-12-16(2)11-17(3)13-21/h5-14,29H,1-4H3. The molecule has 172 valence electrons. The number of imide groups is 1. The summed E-state index contributed by atoms with van der Waals surface area (Å²) in [6.45, 7) is 7.58. The molecule has 0 bridgehead atoms. The van der Waals surface area contributed by atoms with Crippen LogP contribution in [0.1, 0.15) is 32.6 Å². The van der Waals surface area contributed by atoms with E-state index in [1.165, 1.54) is 0 Å². The molecule has 6 nitrogen and oxygen atoms in total. The first-order valence-corrected chi connectivity index (χ1v) is 11.0. The molecule has 0 radical (unpaired) electrons. The molecule has 0 aliphatic carbocycles. The SMILES string of the molecule is Cc1cc(C)cc(N2C(=O)C(Cl)=C(Nc3ccc(C(=O)Oc4cc(C)ccc4C)cc3)C2=O)c1. The van der Waals surface area contributed by atoms with E-state index in [2.05, 4.69) is 5.32 Å². The molecule has 0 saturated carbocycles. The second-order valence-electron chi connectivity index (χ2n) is 8.34. The molecule has 3 aromatic carbocycles. The number of hydrogen-bond donors (Lipinski definition) is 1. The van der Waals surface area contributed by atoms with E-state index in [0.717, 1.165) is 27.2 Å². The Morgan fingerprint density at radius 2 is 1.47 bits per heavy atom. The number of benzene rings is 3. The first-order chi connectivity index (χ1) is 16.1. The minimum Gasteiger partial charge on any atom is -0.423 e. The molecular formula is C27H23ClN2O4. The van der Waals surface area contributed by atoms with Crippen LogP contribution < -0.4 is 15.0 Å². The quantitative estimate of drug-likeness (QED) is 0.297. The predicted octanol–water partition coefficient (Wildman–Crippen LogP) is 5.58. The van der Waals surface area contributed by atoms with Gasteiger partial charge >= 0.3 is 5.97 Å². The van der Waals surface area contributed by atoms with Crippen molar-refractivity contribution >= 4 is 40.8 Å². The van der Waals surface area contributed by atoms with Gasteiger partial charge in [0.25, 0.3) is 11.8 Å². The number of halogens is 1. The van der Waals surface area contributed by atoms with Crippen molar-refractivity contribution in [3.63, 3.8) is 0 Å². The van der Waals surface area contributed by atoms with Crippen LogP contribution in [0.2, 0.25) is 0 Å². The minimum absolute atomic E-state index is 0.0171. The van der Waals surface area contributed by atoms with Crippen molar-refractivity contribution < 1.29 is 19.1 Å². The molecule has 7 heteroatoms. The number of hydrogen-bond acceptors (Lipinski definition) is 5. The van der Waals surface area contributed by atoms with Crippen LogP contribution in [0.25, 0.3) is 0 Å². The van der Waals surface area contributed by atoms with Crippen molar-refractivity contribution in [1.82, 2.24) is 0 Å². The number of carbonyl (C=O) groups excluding carboxylic acids is 3. The topological polar surface area (TPSA) is 75.7 Å². The van der Waals surface area contributed by atoms with Gasteiger partial charge in [0.15, 0.2) is 0 Å². The van der Waals surface area contributed by atoms with Gasteiger partial charge in [0.2, 0.25) is 0 Å². The monoisotopic (exact) mass is 474 g/mol. The summed E-state index contributed by atoms with van der Waals surface area (Å²) in [6.07, 6.45) is 0. The fraction of sp³-hybridized carbons (Fsp3) is 0.148. The largest absolute Gasteiger partial charge is 0.423 e. The van der Waals surface area contributed by atoms with E-state index in [9.17, 15) is 14.4 Å². The highest BCUT2D eigenvalue weighted by Crippen LogP contribution is 2.31. The lowest BCUT2D eigenvalue weighted by Crippen LogP contribution is -2.32. The fourth-order valence-corrected chi connectivity index (χ4v) is 3.95. The first-order valence-electron chi connectivity index (χ1n) is 10.7. The number of amides is 2. The zero-order chi connectivity index (χ0) is 24.6. The average Bonchev–Trinajstić information content (AvgIpc) is 2.99. The van der Waals surface area contributed by atoms with Crippen molar-refractivity contribution in [2.24, 2.45) is 0 Å². The van der Waals surface area contributed by atoms with Gasteiger partial charge in [-0.25, -0.2) is 9.69 Å². The summed E-state index contributed by atoms with van der Waals surface area (Å²) in [5.41, 5.74) is 4.99. The van der Waals surface area contributed by atoms with E-state index < -0.39 is 17.8 Å². The van der Waals surface area contributed by atoms with Crippen LogP contribution >= 0.6 is 11.6 Å². The van der Waals surface area contributed by atoms with Gasteiger partial charge in [-0.15, -0.1) is 0 Å². The van der Waals surface area contributed by atoms with E-state index in [4.69, 9.17) is 16.3 Å². The smallest absolute Gasteiger partial charge is 0.343 e. The van der Waals surface area contributed by atoms with Crippen LogP contribution in [0.4, 0.5) is 11.4 Å². The lowest BCUT2D eigenvalue weighted by Gasteiger charge is -2.16. The van der Waals surface area contributed by atoms with Gasteiger partial charge in [-0.2, -0.15) is 0 Å². The Hall–Kier alpha value is -3.90. The number of carbonyl (C=O) groups is 3. The Labute approximate surface area is 202 Å². The Balaban J connectivity index is 1.50. The molecule has 1 aliphatic heterocycles. The molecule has 1 N–H and O–H groups in total. The van der Waals surface area contributed by atoms with Gasteiger partial charge in [0, 0.05) is 5.69 Å². The van der Waals surface area contributed by atoms with Crippen LogP contribution in [-0.2, 0) is 9.59 Å². The highest BCUT2D eigenvalue weighted by Gasteiger charge is 2.39. The van der Waals surface area contributed by atoms with E-state index in [-0.39, 0.29) is 10.7 Å². The summed E-state index contributed by atoms with van der Waals surface area (Å²) in [6, 6.07) is 17.5. The van der Waals surface area contributed by atoms with Crippen molar-refractivity contribution in [1.29, 1.82) is 0 Å². The maximum atomic E-state index is 13.0. The molecule has 0 spiro atoms. The summed E-state index contributed by atoms with van der Waals surface area (Å²) in [5.74, 6) is -1.12. The fourth-order valence-electron chi connectivity index (χ4n) is 3.74. The van der Waals surface area contributed by atoms with Crippen LogP contribution in [0.3, 0.4) is 0 Å². The minimum atomic E-state index is -0.590. The lowest BCUT2D eigenvalue weighted by molar-refractivity contribution is -0.120. The van der Waals surface area contributed by atoms with Gasteiger partial charge in [0.1, 0.15) is 16.5 Å². The summed E-state index contributed by atoms with van der Waals surface area (Å²) >= 11 is 6.23. The number of anilines is 2. The number of rotatable bonds is 5. The molecule has 1 aliphatic rings. The summed E-state index contributed by atoms with van der Waals surface area (Å²) in [4.78, 5) is 39.4. The Morgan fingerprint density at radius 1 is 0.824 bits per heavy atom. The normalized spacial score (nSPS) is 13.5. The van der Waals surface area contributed by atoms with E-state index in [1.54, 1.807) is 36.4 Å². The summed E-state index contributed by atoms with van der Waals surface area (Å²) < 4.78 is 5.52. The average molecular weight is 475 g/mol. The van der Waals surface area contributed by atoms with Crippen molar-refractivity contribution in [2.75, 3.05) is 10.2 Å². The Morgan fingerprint density at radius 3 is 2.12 bits per heavy atom. The predicted molar refractivity (Wildman–Crippen MR) is 132 cm³/mol. The molecule has 4 rings (SSSR count).